The zero-order valence-corrected chi connectivity index (χ0v) is 12.2. The number of carboxylic acid groups (broad SMARTS) is 1. The maximum absolute atomic E-state index is 12.7. The monoisotopic (exact) mass is 340 g/mol. The first-order valence-corrected chi connectivity index (χ1v) is 6.46. The minimum absolute atomic E-state index is 0.0254. The van der Waals surface area contributed by atoms with Crippen LogP contribution in [0.4, 0.5) is 13.2 Å². The van der Waals surface area contributed by atoms with Crippen LogP contribution >= 0.6 is 0 Å². The van der Waals surface area contributed by atoms with Crippen molar-refractivity contribution in [1.82, 2.24) is 9.97 Å². The van der Waals surface area contributed by atoms with Crippen molar-refractivity contribution in [2.45, 2.75) is 6.18 Å². The molecule has 6 nitrogen and oxygen atoms in total. The standard InChI is InChI=1S/C15H11F3N2O4/c1-23-8-10(13(21)22)9-4-2-3-5-11(9)24-14-19-7-6-12(20-14)15(16,17)18/h2-8H,1H3,(H,21,22)/b10-8-. The SMILES string of the molecule is CO/C=C(\C(=O)O)c1ccccc1Oc1nccc(C(F)(F)F)n1. The zero-order valence-electron chi connectivity index (χ0n) is 12.2. The summed E-state index contributed by atoms with van der Waals surface area (Å²) >= 11 is 0. The van der Waals surface area contributed by atoms with Crippen molar-refractivity contribution in [3.8, 4) is 11.8 Å². The second-order valence-electron chi connectivity index (χ2n) is 4.39. The quantitative estimate of drug-likeness (QED) is 0.664. The number of para-hydroxylation sites is 1. The number of rotatable bonds is 5. The molecule has 0 aliphatic rings. The predicted octanol–water partition coefficient (Wildman–Crippen LogP) is 3.36. The van der Waals surface area contributed by atoms with E-state index in [0.29, 0.717) is 6.07 Å². The summed E-state index contributed by atoms with van der Waals surface area (Å²) in [6.45, 7) is 0. The largest absolute Gasteiger partial charge is 0.503 e. The van der Waals surface area contributed by atoms with Gasteiger partial charge in [-0.15, -0.1) is 0 Å². The summed E-state index contributed by atoms with van der Waals surface area (Å²) in [5, 5.41) is 9.22. The molecule has 0 aliphatic carbocycles. The van der Waals surface area contributed by atoms with Crippen LogP contribution in [0.25, 0.3) is 5.57 Å². The molecule has 0 aliphatic heterocycles. The van der Waals surface area contributed by atoms with Crippen molar-refractivity contribution in [3.05, 3.63) is 54.0 Å². The maximum atomic E-state index is 12.7. The Morgan fingerprint density at radius 2 is 1.96 bits per heavy atom. The molecule has 9 heteroatoms. The molecule has 0 bridgehead atoms. The molecular formula is C15H11F3N2O4. The molecule has 0 atom stereocenters. The van der Waals surface area contributed by atoms with Gasteiger partial charge >= 0.3 is 18.2 Å². The molecule has 1 aromatic heterocycles. The Hall–Kier alpha value is -3.10. The Morgan fingerprint density at radius 3 is 2.58 bits per heavy atom. The van der Waals surface area contributed by atoms with Crippen LogP contribution in [0.1, 0.15) is 11.3 Å². The molecule has 0 unspecified atom stereocenters. The second-order valence-corrected chi connectivity index (χ2v) is 4.39. The lowest BCUT2D eigenvalue weighted by molar-refractivity contribution is -0.141. The van der Waals surface area contributed by atoms with E-state index in [1.54, 1.807) is 6.07 Å². The number of nitrogens with zero attached hydrogens (tertiary/aromatic N) is 2. The van der Waals surface area contributed by atoms with Crippen LogP contribution in [0, 0.1) is 0 Å². The first-order valence-electron chi connectivity index (χ1n) is 6.46. The van der Waals surface area contributed by atoms with E-state index in [9.17, 15) is 23.1 Å². The van der Waals surface area contributed by atoms with Gasteiger partial charge in [-0.05, 0) is 12.1 Å². The topological polar surface area (TPSA) is 81.5 Å². The highest BCUT2D eigenvalue weighted by atomic mass is 19.4. The zero-order chi connectivity index (χ0) is 17.7. The average molecular weight is 340 g/mol. The Labute approximate surface area is 134 Å². The van der Waals surface area contributed by atoms with Crippen molar-refractivity contribution in [3.63, 3.8) is 0 Å². The number of methoxy groups -OCH3 is 1. The number of ether oxygens (including phenoxy) is 2. The number of aromatic nitrogens is 2. The molecular weight excluding hydrogens is 329 g/mol. The number of benzene rings is 1. The lowest BCUT2D eigenvalue weighted by Gasteiger charge is -2.11. The van der Waals surface area contributed by atoms with Crippen LogP contribution in [0.3, 0.4) is 0 Å². The normalized spacial score (nSPS) is 11.9. The second kappa shape index (κ2) is 6.99. The lowest BCUT2D eigenvalue weighted by atomic mass is 10.1. The molecule has 2 rings (SSSR count). The number of hydrogen-bond acceptors (Lipinski definition) is 5. The highest BCUT2D eigenvalue weighted by Crippen LogP contribution is 2.31. The van der Waals surface area contributed by atoms with Crippen LogP contribution in [0.5, 0.6) is 11.8 Å². The van der Waals surface area contributed by atoms with Gasteiger partial charge in [0.1, 0.15) is 11.3 Å². The third-order valence-corrected chi connectivity index (χ3v) is 2.77. The van der Waals surface area contributed by atoms with Gasteiger partial charge in [0, 0.05) is 11.8 Å². The van der Waals surface area contributed by atoms with Crippen molar-refractivity contribution < 1.29 is 32.5 Å². The molecule has 0 radical (unpaired) electrons. The van der Waals surface area contributed by atoms with E-state index >= 15 is 0 Å². The highest BCUT2D eigenvalue weighted by molar-refractivity contribution is 6.15. The number of aliphatic carboxylic acids is 1. The van der Waals surface area contributed by atoms with Crippen LogP contribution in [0.15, 0.2) is 42.8 Å². The molecule has 126 valence electrons. The van der Waals surface area contributed by atoms with Gasteiger partial charge in [-0.2, -0.15) is 18.2 Å². The molecule has 1 aromatic carbocycles. The summed E-state index contributed by atoms with van der Waals surface area (Å²) in [6.07, 6.45) is -2.77. The number of carboxylic acids is 1. The molecule has 1 heterocycles. The Morgan fingerprint density at radius 1 is 1.25 bits per heavy atom. The molecule has 0 saturated carbocycles. The molecule has 0 spiro atoms. The van der Waals surface area contributed by atoms with Crippen molar-refractivity contribution in [2.75, 3.05) is 7.11 Å². The Bertz CT molecular complexity index is 775. The van der Waals surface area contributed by atoms with E-state index in [1.165, 1.54) is 25.3 Å². The van der Waals surface area contributed by atoms with Gasteiger partial charge < -0.3 is 14.6 Å². The molecule has 0 amide bonds. The van der Waals surface area contributed by atoms with Crippen LogP contribution in [-0.4, -0.2) is 28.2 Å². The van der Waals surface area contributed by atoms with Crippen LogP contribution < -0.4 is 4.74 Å². The van der Waals surface area contributed by atoms with Crippen molar-refractivity contribution in [1.29, 1.82) is 0 Å². The van der Waals surface area contributed by atoms with Crippen molar-refractivity contribution in [2.24, 2.45) is 0 Å². The van der Waals surface area contributed by atoms with Crippen LogP contribution in [-0.2, 0) is 15.7 Å². The smallest absolute Gasteiger partial charge is 0.433 e. The van der Waals surface area contributed by atoms with Gasteiger partial charge in [-0.3, -0.25) is 0 Å². The van der Waals surface area contributed by atoms with E-state index in [2.05, 4.69) is 9.97 Å². The van der Waals surface area contributed by atoms with E-state index in [-0.39, 0.29) is 16.9 Å². The maximum Gasteiger partial charge on any atom is 0.433 e. The van der Waals surface area contributed by atoms with Crippen molar-refractivity contribution >= 4 is 11.5 Å². The Balaban J connectivity index is 2.42. The first kappa shape index (κ1) is 17.3. The number of halogens is 3. The van der Waals surface area contributed by atoms with E-state index in [1.807, 2.05) is 0 Å². The summed E-state index contributed by atoms with van der Waals surface area (Å²) in [4.78, 5) is 18.2. The summed E-state index contributed by atoms with van der Waals surface area (Å²) in [6, 6.07) is 6.01. The minimum atomic E-state index is -4.65. The summed E-state index contributed by atoms with van der Waals surface area (Å²) in [5.74, 6) is -1.32. The summed E-state index contributed by atoms with van der Waals surface area (Å²) < 4.78 is 48.0. The average Bonchev–Trinajstić information content (AvgIpc) is 2.53. The molecule has 24 heavy (non-hydrogen) atoms. The van der Waals surface area contributed by atoms with Gasteiger partial charge in [0.05, 0.1) is 13.4 Å². The predicted molar refractivity (Wildman–Crippen MR) is 76.2 cm³/mol. The van der Waals surface area contributed by atoms with Crippen LogP contribution in [0.2, 0.25) is 0 Å². The third kappa shape index (κ3) is 4.00. The fourth-order valence-corrected chi connectivity index (χ4v) is 1.77. The van der Waals surface area contributed by atoms with Gasteiger partial charge in [-0.1, -0.05) is 18.2 Å². The summed E-state index contributed by atoms with van der Waals surface area (Å²) in [5.41, 5.74) is -1.30. The van der Waals surface area contributed by atoms with Gasteiger partial charge in [-0.25, -0.2) is 9.78 Å². The Kier molecular flexibility index (Phi) is 5.02. The molecule has 1 N–H and O–H groups in total. The lowest BCUT2D eigenvalue weighted by Crippen LogP contribution is -2.09. The fraction of sp³-hybridized carbons (Fsp3) is 0.133. The molecule has 0 fully saturated rings. The minimum Gasteiger partial charge on any atom is -0.503 e. The molecule has 0 saturated heterocycles. The van der Waals surface area contributed by atoms with E-state index < -0.39 is 23.8 Å². The number of alkyl halides is 3. The molecule has 2 aromatic rings. The summed E-state index contributed by atoms with van der Waals surface area (Å²) in [7, 11) is 1.27. The van der Waals surface area contributed by atoms with E-state index in [4.69, 9.17) is 9.47 Å². The highest BCUT2D eigenvalue weighted by Gasteiger charge is 2.33. The number of hydrogen-bond donors (Lipinski definition) is 1. The fourth-order valence-electron chi connectivity index (χ4n) is 1.77. The van der Waals surface area contributed by atoms with Gasteiger partial charge in [0.2, 0.25) is 0 Å². The van der Waals surface area contributed by atoms with Gasteiger partial charge in [0.15, 0.2) is 5.69 Å². The van der Waals surface area contributed by atoms with Gasteiger partial charge in [0.25, 0.3) is 0 Å². The first-order chi connectivity index (χ1) is 11.3. The van der Waals surface area contributed by atoms with E-state index in [0.717, 1.165) is 12.5 Å². The number of carbonyl (C=O) groups is 1. The third-order valence-electron chi connectivity index (χ3n) is 2.77.